The van der Waals surface area contributed by atoms with Gasteiger partial charge in [0.1, 0.15) is 5.75 Å². The molecule has 0 saturated carbocycles. The smallest absolute Gasteiger partial charge is 0.119 e. The van der Waals surface area contributed by atoms with Crippen molar-refractivity contribution in [2.24, 2.45) is 0 Å². The molecule has 0 heterocycles. The molecule has 1 nitrogen and oxygen atoms in total. The Kier molecular flexibility index (Phi) is 3.86. The minimum Gasteiger partial charge on any atom is -0.508 e. The van der Waals surface area contributed by atoms with Crippen molar-refractivity contribution in [3.05, 3.63) is 83.4 Å². The summed E-state index contributed by atoms with van der Waals surface area (Å²) >= 11 is 0. The molecule has 2 aromatic rings. The second kappa shape index (κ2) is 5.57. The fourth-order valence-electron chi connectivity index (χ4n) is 2.11. The van der Waals surface area contributed by atoms with Crippen LogP contribution in [0.5, 0.6) is 5.75 Å². The highest BCUT2D eigenvalue weighted by atomic mass is 16.3. The Morgan fingerprint density at radius 3 is 2.42 bits per heavy atom. The van der Waals surface area contributed by atoms with Gasteiger partial charge in [-0.15, -0.1) is 0 Å². The standard InChI is InChI=1S/C18H18O/c1-4-7-17(16-9-6-5-8-13(16)2)15-11-10-14(3)18(19)12-15/h4-12,19H,1H2,2-3H3. The number of benzene rings is 2. The second-order valence-electron chi connectivity index (χ2n) is 4.63. The highest BCUT2D eigenvalue weighted by Crippen LogP contribution is 2.29. The molecule has 0 spiro atoms. The van der Waals surface area contributed by atoms with Crippen molar-refractivity contribution >= 4 is 5.57 Å². The van der Waals surface area contributed by atoms with Crippen LogP contribution in [0.3, 0.4) is 0 Å². The fourth-order valence-corrected chi connectivity index (χ4v) is 2.11. The Morgan fingerprint density at radius 2 is 1.79 bits per heavy atom. The molecule has 0 atom stereocenters. The summed E-state index contributed by atoms with van der Waals surface area (Å²) in [6, 6.07) is 14.0. The van der Waals surface area contributed by atoms with E-state index in [9.17, 15) is 5.11 Å². The molecular weight excluding hydrogens is 232 g/mol. The largest absolute Gasteiger partial charge is 0.508 e. The Hall–Kier alpha value is -2.28. The SMILES string of the molecule is C=CC=C(c1ccc(C)c(O)c1)c1ccccc1C. The highest BCUT2D eigenvalue weighted by molar-refractivity contribution is 5.82. The maximum Gasteiger partial charge on any atom is 0.119 e. The van der Waals surface area contributed by atoms with Crippen molar-refractivity contribution in [2.45, 2.75) is 13.8 Å². The molecule has 0 aliphatic carbocycles. The van der Waals surface area contributed by atoms with E-state index < -0.39 is 0 Å². The predicted octanol–water partition coefficient (Wildman–Crippen LogP) is 4.63. The Bertz CT molecular complexity index is 636. The first-order valence-electron chi connectivity index (χ1n) is 6.32. The molecule has 0 radical (unpaired) electrons. The molecule has 2 rings (SSSR count). The normalized spacial score (nSPS) is 11.4. The van der Waals surface area contributed by atoms with Gasteiger partial charge in [-0.1, -0.05) is 55.1 Å². The van der Waals surface area contributed by atoms with Gasteiger partial charge in [-0.2, -0.15) is 0 Å². The van der Waals surface area contributed by atoms with Crippen molar-refractivity contribution in [3.63, 3.8) is 0 Å². The zero-order valence-electron chi connectivity index (χ0n) is 11.4. The van der Waals surface area contributed by atoms with E-state index in [1.54, 1.807) is 12.1 Å². The van der Waals surface area contributed by atoms with Gasteiger partial charge in [0.05, 0.1) is 0 Å². The van der Waals surface area contributed by atoms with Gasteiger partial charge in [-0.25, -0.2) is 0 Å². The topological polar surface area (TPSA) is 20.2 Å². The number of hydrogen-bond acceptors (Lipinski definition) is 1. The van der Waals surface area contributed by atoms with Crippen LogP contribution in [0.2, 0.25) is 0 Å². The Balaban J connectivity index is 2.59. The number of rotatable bonds is 3. The fraction of sp³-hybridized carbons (Fsp3) is 0.111. The molecule has 0 fully saturated rings. The van der Waals surface area contributed by atoms with Gasteiger partial charge in [-0.05, 0) is 47.7 Å². The molecule has 0 saturated heterocycles. The second-order valence-corrected chi connectivity index (χ2v) is 4.63. The van der Waals surface area contributed by atoms with Gasteiger partial charge >= 0.3 is 0 Å². The van der Waals surface area contributed by atoms with Gasteiger partial charge in [0.25, 0.3) is 0 Å². The molecule has 0 aromatic heterocycles. The number of allylic oxidation sites excluding steroid dienone is 2. The Labute approximate surface area is 114 Å². The summed E-state index contributed by atoms with van der Waals surface area (Å²) in [6.07, 6.45) is 3.76. The molecule has 96 valence electrons. The first kappa shape index (κ1) is 13.2. The van der Waals surface area contributed by atoms with Crippen LogP contribution in [0.4, 0.5) is 0 Å². The van der Waals surface area contributed by atoms with E-state index in [-0.39, 0.29) is 0 Å². The number of aromatic hydroxyl groups is 1. The highest BCUT2D eigenvalue weighted by Gasteiger charge is 2.08. The lowest BCUT2D eigenvalue weighted by Gasteiger charge is -2.12. The molecule has 0 amide bonds. The molecule has 0 aliphatic rings. The quantitative estimate of drug-likeness (QED) is 0.788. The average molecular weight is 250 g/mol. The van der Waals surface area contributed by atoms with E-state index in [0.29, 0.717) is 5.75 Å². The van der Waals surface area contributed by atoms with Crippen molar-refractivity contribution in [3.8, 4) is 5.75 Å². The summed E-state index contributed by atoms with van der Waals surface area (Å²) in [6.45, 7) is 7.76. The molecule has 2 aromatic carbocycles. The van der Waals surface area contributed by atoms with E-state index >= 15 is 0 Å². The molecule has 0 unspecified atom stereocenters. The van der Waals surface area contributed by atoms with E-state index in [1.807, 2.05) is 37.3 Å². The third-order valence-corrected chi connectivity index (χ3v) is 3.24. The van der Waals surface area contributed by atoms with E-state index in [4.69, 9.17) is 0 Å². The van der Waals surface area contributed by atoms with E-state index in [2.05, 4.69) is 25.6 Å². The molecule has 19 heavy (non-hydrogen) atoms. The minimum atomic E-state index is 0.320. The lowest BCUT2D eigenvalue weighted by molar-refractivity contribution is 0.471. The zero-order valence-corrected chi connectivity index (χ0v) is 11.4. The summed E-state index contributed by atoms with van der Waals surface area (Å²) < 4.78 is 0. The van der Waals surface area contributed by atoms with Crippen molar-refractivity contribution in [2.75, 3.05) is 0 Å². The van der Waals surface area contributed by atoms with Crippen LogP contribution in [0, 0.1) is 13.8 Å². The van der Waals surface area contributed by atoms with E-state index in [0.717, 1.165) is 22.3 Å². The predicted molar refractivity (Wildman–Crippen MR) is 81.3 cm³/mol. The average Bonchev–Trinajstić information content (AvgIpc) is 2.40. The lowest BCUT2D eigenvalue weighted by atomic mass is 9.93. The van der Waals surface area contributed by atoms with Crippen molar-refractivity contribution in [1.82, 2.24) is 0 Å². The zero-order chi connectivity index (χ0) is 13.8. The summed E-state index contributed by atoms with van der Waals surface area (Å²) in [5, 5.41) is 9.88. The number of phenols is 1. The van der Waals surface area contributed by atoms with Gasteiger partial charge in [-0.3, -0.25) is 0 Å². The monoisotopic (exact) mass is 250 g/mol. The summed E-state index contributed by atoms with van der Waals surface area (Å²) in [7, 11) is 0. The summed E-state index contributed by atoms with van der Waals surface area (Å²) in [5.74, 6) is 0.320. The van der Waals surface area contributed by atoms with Gasteiger partial charge in [0.15, 0.2) is 0 Å². The maximum atomic E-state index is 9.88. The lowest BCUT2D eigenvalue weighted by Crippen LogP contribution is -1.91. The maximum absolute atomic E-state index is 9.88. The first-order valence-corrected chi connectivity index (χ1v) is 6.32. The molecule has 1 N–H and O–H groups in total. The number of aryl methyl sites for hydroxylation is 2. The van der Waals surface area contributed by atoms with Gasteiger partial charge < -0.3 is 5.11 Å². The Morgan fingerprint density at radius 1 is 1.05 bits per heavy atom. The number of phenolic OH excluding ortho intramolecular Hbond substituents is 1. The van der Waals surface area contributed by atoms with Crippen molar-refractivity contribution < 1.29 is 5.11 Å². The van der Waals surface area contributed by atoms with Crippen LogP contribution in [-0.4, -0.2) is 5.11 Å². The van der Waals surface area contributed by atoms with Crippen LogP contribution >= 0.6 is 0 Å². The van der Waals surface area contributed by atoms with Crippen molar-refractivity contribution in [1.29, 1.82) is 0 Å². The molecule has 0 aliphatic heterocycles. The third kappa shape index (κ3) is 2.76. The summed E-state index contributed by atoms with van der Waals surface area (Å²) in [4.78, 5) is 0. The molecular formula is C18H18O. The van der Waals surface area contributed by atoms with Crippen LogP contribution in [0.25, 0.3) is 5.57 Å². The van der Waals surface area contributed by atoms with E-state index in [1.165, 1.54) is 5.56 Å². The number of hydrogen-bond donors (Lipinski definition) is 1. The van der Waals surface area contributed by atoms with Crippen LogP contribution in [0.1, 0.15) is 22.3 Å². The van der Waals surface area contributed by atoms with Crippen LogP contribution in [-0.2, 0) is 0 Å². The summed E-state index contributed by atoms with van der Waals surface area (Å²) in [5.41, 5.74) is 5.31. The third-order valence-electron chi connectivity index (χ3n) is 3.24. The first-order chi connectivity index (χ1) is 9.13. The minimum absolute atomic E-state index is 0.320. The van der Waals surface area contributed by atoms with Crippen LogP contribution < -0.4 is 0 Å². The molecule has 0 bridgehead atoms. The van der Waals surface area contributed by atoms with Crippen LogP contribution in [0.15, 0.2) is 61.2 Å². The van der Waals surface area contributed by atoms with Gasteiger partial charge in [0.2, 0.25) is 0 Å². The molecule has 1 heteroatoms. The van der Waals surface area contributed by atoms with Gasteiger partial charge in [0, 0.05) is 0 Å².